The number of carbonyl (C=O) groups excluding carboxylic acids is 1. The molecule has 7 heteroatoms. The van der Waals surface area contributed by atoms with Crippen LogP contribution in [0, 0.1) is 0 Å². The molecule has 1 aromatic heterocycles. The van der Waals surface area contributed by atoms with Crippen molar-refractivity contribution in [1.82, 2.24) is 9.78 Å². The van der Waals surface area contributed by atoms with Gasteiger partial charge in [-0.15, -0.1) is 0 Å². The van der Waals surface area contributed by atoms with Crippen LogP contribution in [-0.2, 0) is 11.3 Å². The molecule has 2 aromatic rings. The van der Waals surface area contributed by atoms with Crippen LogP contribution in [0.1, 0.15) is 0 Å². The van der Waals surface area contributed by atoms with E-state index in [9.17, 15) is 9.59 Å². The van der Waals surface area contributed by atoms with Crippen molar-refractivity contribution < 1.29 is 4.79 Å². The molecule has 1 aromatic carbocycles. The zero-order valence-electron chi connectivity index (χ0n) is 9.84. The molecular formula is C12H11ClN4O2. The van der Waals surface area contributed by atoms with Gasteiger partial charge >= 0.3 is 0 Å². The Morgan fingerprint density at radius 2 is 2.21 bits per heavy atom. The van der Waals surface area contributed by atoms with E-state index >= 15 is 0 Å². The van der Waals surface area contributed by atoms with E-state index in [2.05, 4.69) is 10.4 Å². The number of nitrogens with zero attached hydrogens (tertiary/aromatic N) is 2. The Morgan fingerprint density at radius 3 is 2.89 bits per heavy atom. The summed E-state index contributed by atoms with van der Waals surface area (Å²) in [6.07, 6.45) is 1.31. The highest BCUT2D eigenvalue weighted by Crippen LogP contribution is 2.14. The molecule has 0 radical (unpaired) electrons. The van der Waals surface area contributed by atoms with E-state index in [4.69, 9.17) is 17.3 Å². The number of aromatic nitrogens is 2. The first-order valence-corrected chi connectivity index (χ1v) is 5.80. The number of anilines is 2. The highest BCUT2D eigenvalue weighted by Gasteiger charge is 2.06. The van der Waals surface area contributed by atoms with Crippen molar-refractivity contribution in [2.75, 3.05) is 11.1 Å². The molecule has 0 saturated carbocycles. The van der Waals surface area contributed by atoms with Crippen LogP contribution in [0.25, 0.3) is 0 Å². The predicted octanol–water partition coefficient (Wildman–Crippen LogP) is 1.12. The number of nitrogens with one attached hydrogen (secondary N) is 1. The van der Waals surface area contributed by atoms with E-state index < -0.39 is 5.56 Å². The summed E-state index contributed by atoms with van der Waals surface area (Å²) >= 11 is 5.80. The zero-order valence-corrected chi connectivity index (χ0v) is 10.6. The van der Waals surface area contributed by atoms with Gasteiger partial charge in [-0.05, 0) is 18.2 Å². The predicted molar refractivity (Wildman–Crippen MR) is 73.0 cm³/mol. The first-order chi connectivity index (χ1) is 9.04. The van der Waals surface area contributed by atoms with Gasteiger partial charge in [-0.2, -0.15) is 5.10 Å². The molecule has 1 amide bonds. The molecule has 0 fully saturated rings. The number of hydrogen-bond donors (Lipinski definition) is 2. The summed E-state index contributed by atoms with van der Waals surface area (Å²) in [6.45, 7) is -0.189. The quantitative estimate of drug-likeness (QED) is 0.880. The van der Waals surface area contributed by atoms with Gasteiger partial charge in [-0.3, -0.25) is 9.59 Å². The third-order valence-corrected chi connectivity index (χ3v) is 2.53. The lowest BCUT2D eigenvalue weighted by atomic mass is 10.3. The molecule has 0 aliphatic carbocycles. The van der Waals surface area contributed by atoms with Gasteiger partial charge in [-0.25, -0.2) is 4.68 Å². The average Bonchev–Trinajstić information content (AvgIpc) is 2.33. The summed E-state index contributed by atoms with van der Waals surface area (Å²) in [6, 6.07) is 7.93. The largest absolute Gasteiger partial charge is 0.397 e. The number of benzene rings is 1. The van der Waals surface area contributed by atoms with Gasteiger partial charge in [0.1, 0.15) is 6.54 Å². The Bertz CT molecular complexity index is 669. The lowest BCUT2D eigenvalue weighted by Crippen LogP contribution is -2.29. The Labute approximate surface area is 113 Å². The highest BCUT2D eigenvalue weighted by molar-refractivity contribution is 6.30. The topological polar surface area (TPSA) is 90.0 Å². The summed E-state index contributed by atoms with van der Waals surface area (Å²) in [5, 5.41) is 6.90. The van der Waals surface area contributed by atoms with E-state index in [0.717, 1.165) is 4.68 Å². The first kappa shape index (κ1) is 13.1. The van der Waals surface area contributed by atoms with Gasteiger partial charge in [0.15, 0.2) is 0 Å². The minimum absolute atomic E-state index is 0.189. The van der Waals surface area contributed by atoms with Crippen molar-refractivity contribution in [2.45, 2.75) is 6.54 Å². The molecular weight excluding hydrogens is 268 g/mol. The van der Waals surface area contributed by atoms with Crippen LogP contribution in [0.4, 0.5) is 11.4 Å². The molecule has 0 bridgehead atoms. The molecule has 2 rings (SSSR count). The van der Waals surface area contributed by atoms with E-state index in [1.807, 2.05) is 0 Å². The molecule has 0 unspecified atom stereocenters. The Balaban J connectivity index is 2.07. The molecule has 0 saturated heterocycles. The maximum absolute atomic E-state index is 11.7. The average molecular weight is 279 g/mol. The van der Waals surface area contributed by atoms with Gasteiger partial charge in [-0.1, -0.05) is 17.7 Å². The number of carbonyl (C=O) groups is 1. The number of halogens is 1. The van der Waals surface area contributed by atoms with E-state index in [0.29, 0.717) is 10.7 Å². The van der Waals surface area contributed by atoms with Crippen LogP contribution < -0.4 is 16.6 Å². The monoisotopic (exact) mass is 278 g/mol. The second-order valence-corrected chi connectivity index (χ2v) is 4.28. The van der Waals surface area contributed by atoms with Crippen LogP contribution in [0.2, 0.25) is 5.02 Å². The number of amides is 1. The van der Waals surface area contributed by atoms with Crippen molar-refractivity contribution in [3.63, 3.8) is 0 Å². The molecule has 1 heterocycles. The Morgan fingerprint density at radius 1 is 1.42 bits per heavy atom. The third-order valence-electron chi connectivity index (χ3n) is 2.29. The van der Waals surface area contributed by atoms with Gasteiger partial charge in [0, 0.05) is 16.8 Å². The van der Waals surface area contributed by atoms with Gasteiger partial charge in [0.05, 0.1) is 11.9 Å². The van der Waals surface area contributed by atoms with Crippen LogP contribution in [0.3, 0.4) is 0 Å². The molecule has 0 atom stereocenters. The second kappa shape index (κ2) is 5.53. The maximum Gasteiger partial charge on any atom is 0.269 e. The van der Waals surface area contributed by atoms with Gasteiger partial charge in [0.2, 0.25) is 5.91 Å². The lowest BCUT2D eigenvalue weighted by molar-refractivity contribution is -0.117. The van der Waals surface area contributed by atoms with Crippen LogP contribution in [-0.4, -0.2) is 15.7 Å². The van der Waals surface area contributed by atoms with E-state index in [-0.39, 0.29) is 18.1 Å². The maximum atomic E-state index is 11.7. The molecule has 3 N–H and O–H groups in total. The minimum Gasteiger partial charge on any atom is -0.397 e. The summed E-state index contributed by atoms with van der Waals surface area (Å²) in [5.74, 6) is -0.373. The standard InChI is InChI=1S/C12H11ClN4O2/c13-8-2-1-3-10(4-8)16-11(18)7-17-12(19)5-9(14)6-15-17/h1-6H,7,14H2,(H,16,18). The highest BCUT2D eigenvalue weighted by atomic mass is 35.5. The second-order valence-electron chi connectivity index (χ2n) is 3.84. The minimum atomic E-state index is -0.429. The van der Waals surface area contributed by atoms with Crippen LogP contribution in [0.15, 0.2) is 41.3 Å². The summed E-state index contributed by atoms with van der Waals surface area (Å²) in [7, 11) is 0. The van der Waals surface area contributed by atoms with Crippen molar-refractivity contribution in [2.24, 2.45) is 0 Å². The van der Waals surface area contributed by atoms with E-state index in [1.54, 1.807) is 24.3 Å². The lowest BCUT2D eigenvalue weighted by Gasteiger charge is -2.06. The normalized spacial score (nSPS) is 10.2. The number of nitrogen functional groups attached to an aromatic ring is 1. The number of rotatable bonds is 3. The van der Waals surface area contributed by atoms with E-state index in [1.165, 1.54) is 12.3 Å². The van der Waals surface area contributed by atoms with Crippen molar-refractivity contribution in [1.29, 1.82) is 0 Å². The van der Waals surface area contributed by atoms with Crippen LogP contribution in [0.5, 0.6) is 0 Å². The Kier molecular flexibility index (Phi) is 3.82. The fourth-order valence-corrected chi connectivity index (χ4v) is 1.66. The molecule has 6 nitrogen and oxygen atoms in total. The van der Waals surface area contributed by atoms with Gasteiger partial charge < -0.3 is 11.1 Å². The summed E-state index contributed by atoms with van der Waals surface area (Å²) in [4.78, 5) is 23.2. The van der Waals surface area contributed by atoms with Crippen molar-refractivity contribution in [3.05, 3.63) is 51.9 Å². The van der Waals surface area contributed by atoms with Crippen molar-refractivity contribution in [3.8, 4) is 0 Å². The van der Waals surface area contributed by atoms with Gasteiger partial charge in [0.25, 0.3) is 5.56 Å². The van der Waals surface area contributed by atoms with Crippen molar-refractivity contribution >= 4 is 28.9 Å². The SMILES string of the molecule is Nc1cnn(CC(=O)Nc2cccc(Cl)c2)c(=O)c1. The first-order valence-electron chi connectivity index (χ1n) is 5.42. The summed E-state index contributed by atoms with van der Waals surface area (Å²) in [5.41, 5.74) is 5.80. The molecule has 0 aliphatic rings. The Hall–Kier alpha value is -2.34. The molecule has 98 valence electrons. The molecule has 0 spiro atoms. The molecule has 19 heavy (non-hydrogen) atoms. The number of nitrogens with two attached hydrogens (primary N) is 1. The fraction of sp³-hybridized carbons (Fsp3) is 0.0833. The molecule has 0 aliphatic heterocycles. The summed E-state index contributed by atoms with van der Waals surface area (Å²) < 4.78 is 1.02. The fourth-order valence-electron chi connectivity index (χ4n) is 1.47. The van der Waals surface area contributed by atoms with Crippen LogP contribution >= 0.6 is 11.6 Å². The zero-order chi connectivity index (χ0) is 13.8. The third kappa shape index (κ3) is 3.56. The smallest absolute Gasteiger partial charge is 0.269 e. The number of hydrogen-bond acceptors (Lipinski definition) is 4.